The van der Waals surface area contributed by atoms with Gasteiger partial charge in [0, 0.05) is 18.9 Å². The fourth-order valence-electron chi connectivity index (χ4n) is 3.19. The van der Waals surface area contributed by atoms with Gasteiger partial charge in [-0.05, 0) is 43.5 Å². The average Bonchev–Trinajstić information content (AvgIpc) is 2.57. The first-order valence-corrected chi connectivity index (χ1v) is 9.62. The summed E-state index contributed by atoms with van der Waals surface area (Å²) in [6, 6.07) is 4.47. The van der Waals surface area contributed by atoms with Gasteiger partial charge in [-0.3, -0.25) is 14.9 Å². The summed E-state index contributed by atoms with van der Waals surface area (Å²) in [6.07, 6.45) is 0.989. The van der Waals surface area contributed by atoms with Gasteiger partial charge in [0.2, 0.25) is 5.91 Å². The molecule has 0 spiro atoms. The molecule has 1 aromatic rings. The highest BCUT2D eigenvalue weighted by molar-refractivity contribution is 7.81. The molecule has 0 aliphatic carbocycles. The van der Waals surface area contributed by atoms with E-state index in [2.05, 4.69) is 14.8 Å². The van der Waals surface area contributed by atoms with Crippen LogP contribution in [0.4, 0.5) is 3.89 Å². The molecular weight excluding hydrogens is 367 g/mol. The van der Waals surface area contributed by atoms with Gasteiger partial charge in [0.05, 0.1) is 0 Å². The van der Waals surface area contributed by atoms with Crippen molar-refractivity contribution >= 4 is 22.3 Å². The smallest absolute Gasteiger partial charge is 0.480 e. The Balaban J connectivity index is 1.84. The van der Waals surface area contributed by atoms with Gasteiger partial charge in [0.25, 0.3) is 5.91 Å². The minimum Gasteiger partial charge on any atom is -0.480 e. The lowest BCUT2D eigenvalue weighted by molar-refractivity contribution is -0.138. The normalized spacial score (nSPS) is 22.0. The highest BCUT2D eigenvalue weighted by Gasteiger charge is 2.29. The van der Waals surface area contributed by atoms with Gasteiger partial charge in [-0.1, -0.05) is 9.95 Å². The molecule has 0 aromatic heterocycles. The third kappa shape index (κ3) is 4.70. The molecule has 2 N–H and O–H groups in total. The van der Waals surface area contributed by atoms with Gasteiger partial charge in [-0.15, -0.1) is 0 Å². The molecule has 8 nitrogen and oxygen atoms in total. The molecule has 0 radical (unpaired) electrons. The largest absolute Gasteiger partial charge is 0.488 e. The van der Waals surface area contributed by atoms with Crippen LogP contribution in [0.1, 0.15) is 37.2 Å². The maximum atomic E-state index is 13.1. The number of piperidine rings is 2. The van der Waals surface area contributed by atoms with E-state index in [9.17, 15) is 21.9 Å². The van der Waals surface area contributed by atoms with E-state index >= 15 is 0 Å². The summed E-state index contributed by atoms with van der Waals surface area (Å²) in [5, 5.41) is 5.37. The van der Waals surface area contributed by atoms with E-state index in [4.69, 9.17) is 4.74 Å². The predicted octanol–water partition coefficient (Wildman–Crippen LogP) is 0.931. The van der Waals surface area contributed by atoms with Gasteiger partial charge in [0.1, 0.15) is 5.75 Å². The molecule has 2 heterocycles. The fraction of sp³-hybridized carbons (Fsp3) is 0.500. The first-order chi connectivity index (χ1) is 12.3. The maximum absolute atomic E-state index is 13.1. The molecule has 3 rings (SSSR count). The molecular formula is C16H19FN2O6S. The lowest BCUT2D eigenvalue weighted by Crippen LogP contribution is -2.46. The number of nitrogens with one attached hydrogen (secondary N) is 2. The summed E-state index contributed by atoms with van der Waals surface area (Å²) < 4.78 is 45.1. The van der Waals surface area contributed by atoms with Crippen LogP contribution in [0.15, 0.2) is 18.2 Å². The summed E-state index contributed by atoms with van der Waals surface area (Å²) in [7, 11) is -5.20. The minimum atomic E-state index is -5.20. The zero-order chi connectivity index (χ0) is 18.7. The molecule has 0 bridgehead atoms. The van der Waals surface area contributed by atoms with Crippen molar-refractivity contribution in [2.45, 2.75) is 37.7 Å². The summed E-state index contributed by atoms with van der Waals surface area (Å²) in [5.41, 5.74) is 0.573. The van der Waals surface area contributed by atoms with Gasteiger partial charge >= 0.3 is 10.5 Å². The van der Waals surface area contributed by atoms with Crippen molar-refractivity contribution in [3.05, 3.63) is 23.8 Å². The number of amides is 2. The maximum Gasteiger partial charge on any atom is 0.488 e. The van der Waals surface area contributed by atoms with E-state index in [1.807, 2.05) is 0 Å². The number of halogens is 1. The zero-order valence-electron chi connectivity index (χ0n) is 13.9. The number of benzene rings is 1. The van der Waals surface area contributed by atoms with Crippen LogP contribution in [0.2, 0.25) is 0 Å². The second kappa shape index (κ2) is 7.58. The van der Waals surface area contributed by atoms with Crippen LogP contribution in [0, 0.1) is 0 Å². The van der Waals surface area contributed by atoms with E-state index in [0.717, 1.165) is 25.9 Å². The molecule has 26 heavy (non-hydrogen) atoms. The van der Waals surface area contributed by atoms with Crippen LogP contribution < -0.4 is 19.6 Å². The number of rotatable bonds is 5. The Bertz CT molecular complexity index is 807. The highest BCUT2D eigenvalue weighted by atomic mass is 32.3. The average molecular weight is 386 g/mol. The Morgan fingerprint density at radius 3 is 2.50 bits per heavy atom. The molecule has 2 fully saturated rings. The van der Waals surface area contributed by atoms with Crippen molar-refractivity contribution in [2.75, 3.05) is 13.1 Å². The standard InChI is InChI=1S/C16H19FN2O6S/c17-26(22,23)25-14-9-11(24-13-3-4-15(20)19-16(13)21)1-2-12(14)10-5-7-18-8-6-10/h1-2,9-10,13,18H,3-8H2,(H,19,20,21). The lowest BCUT2D eigenvalue weighted by Gasteiger charge is -2.25. The summed E-state index contributed by atoms with van der Waals surface area (Å²) in [4.78, 5) is 23.0. The molecule has 0 saturated carbocycles. The SMILES string of the molecule is O=C1CCC(Oc2ccc(C3CCNCC3)c(OS(=O)(=O)F)c2)C(=O)N1. The highest BCUT2D eigenvalue weighted by Crippen LogP contribution is 2.36. The van der Waals surface area contributed by atoms with Crippen LogP contribution in [-0.2, 0) is 20.1 Å². The number of hydrogen-bond acceptors (Lipinski definition) is 7. The topological polar surface area (TPSA) is 111 Å². The summed E-state index contributed by atoms with van der Waals surface area (Å²) >= 11 is 0. The Labute approximate surface area is 150 Å². The number of carbonyl (C=O) groups is 2. The zero-order valence-corrected chi connectivity index (χ0v) is 14.7. The molecule has 1 aromatic carbocycles. The Morgan fingerprint density at radius 1 is 1.12 bits per heavy atom. The first-order valence-electron chi connectivity index (χ1n) is 8.31. The predicted molar refractivity (Wildman–Crippen MR) is 88.7 cm³/mol. The monoisotopic (exact) mass is 386 g/mol. The Kier molecular flexibility index (Phi) is 5.42. The van der Waals surface area contributed by atoms with Crippen molar-refractivity contribution < 1.29 is 30.8 Å². The van der Waals surface area contributed by atoms with E-state index in [0.29, 0.717) is 5.56 Å². The van der Waals surface area contributed by atoms with Gasteiger partial charge < -0.3 is 14.2 Å². The first kappa shape index (κ1) is 18.6. The number of hydrogen-bond donors (Lipinski definition) is 2. The lowest BCUT2D eigenvalue weighted by atomic mass is 9.89. The van der Waals surface area contributed by atoms with Crippen LogP contribution in [-0.4, -0.2) is 39.4 Å². The van der Waals surface area contributed by atoms with Crippen LogP contribution >= 0.6 is 0 Å². The second-order valence-corrected chi connectivity index (χ2v) is 7.21. The Hall–Kier alpha value is -2.20. The number of ether oxygens (including phenoxy) is 1. The second-order valence-electron chi connectivity index (χ2n) is 6.26. The van der Waals surface area contributed by atoms with Gasteiger partial charge in [-0.2, -0.15) is 8.42 Å². The molecule has 1 atom stereocenters. The Morgan fingerprint density at radius 2 is 1.85 bits per heavy atom. The van der Waals surface area contributed by atoms with E-state index < -0.39 is 22.5 Å². The van der Waals surface area contributed by atoms with Crippen molar-refractivity contribution in [3.8, 4) is 11.5 Å². The van der Waals surface area contributed by atoms with E-state index in [1.54, 1.807) is 12.1 Å². The van der Waals surface area contributed by atoms with Crippen LogP contribution in [0.25, 0.3) is 0 Å². The molecule has 2 aliphatic rings. The van der Waals surface area contributed by atoms with Crippen LogP contribution in [0.5, 0.6) is 11.5 Å². The van der Waals surface area contributed by atoms with Crippen molar-refractivity contribution in [1.82, 2.24) is 10.6 Å². The minimum absolute atomic E-state index is 0.0256. The molecule has 2 saturated heterocycles. The third-order valence-corrected chi connectivity index (χ3v) is 4.80. The molecule has 10 heteroatoms. The fourth-order valence-corrected chi connectivity index (χ4v) is 3.55. The van der Waals surface area contributed by atoms with Crippen molar-refractivity contribution in [2.24, 2.45) is 0 Å². The molecule has 142 valence electrons. The van der Waals surface area contributed by atoms with Gasteiger partial charge in [-0.25, -0.2) is 0 Å². The van der Waals surface area contributed by atoms with Crippen molar-refractivity contribution in [3.63, 3.8) is 0 Å². The van der Waals surface area contributed by atoms with Gasteiger partial charge in [0.15, 0.2) is 11.9 Å². The third-order valence-electron chi connectivity index (χ3n) is 4.42. The van der Waals surface area contributed by atoms with E-state index in [-0.39, 0.29) is 36.2 Å². The van der Waals surface area contributed by atoms with Crippen LogP contribution in [0.3, 0.4) is 0 Å². The quantitative estimate of drug-likeness (QED) is 0.572. The summed E-state index contributed by atoms with van der Waals surface area (Å²) in [5.74, 6) is -0.898. The number of carbonyl (C=O) groups excluding carboxylic acids is 2. The molecule has 1 unspecified atom stereocenters. The number of imide groups is 1. The van der Waals surface area contributed by atoms with E-state index in [1.165, 1.54) is 6.07 Å². The molecule has 2 amide bonds. The van der Waals surface area contributed by atoms with Crippen molar-refractivity contribution in [1.29, 1.82) is 0 Å². The summed E-state index contributed by atoms with van der Waals surface area (Å²) in [6.45, 7) is 1.53. The molecule has 2 aliphatic heterocycles.